The lowest BCUT2D eigenvalue weighted by Gasteiger charge is -2.06. The molecule has 0 fully saturated rings. The van der Waals surface area contributed by atoms with Gasteiger partial charge in [-0.05, 0) is 42.8 Å². The maximum Gasteiger partial charge on any atom is 0.274 e. The second-order valence-electron chi connectivity index (χ2n) is 3.82. The van der Waals surface area contributed by atoms with Gasteiger partial charge in [0, 0.05) is 5.69 Å². The highest BCUT2D eigenvalue weighted by molar-refractivity contribution is 6.29. The average molecular weight is 265 g/mol. The monoisotopic (exact) mass is 264 g/mol. The number of nitrogens with zero attached hydrogens (tertiary/aromatic N) is 1. The highest BCUT2D eigenvalue weighted by Gasteiger charge is 2.08. The number of anilines is 1. The fourth-order valence-electron chi connectivity index (χ4n) is 1.54. The largest absolute Gasteiger partial charge is 0.321 e. The Bertz CT molecular complexity index is 581. The predicted molar refractivity (Wildman–Crippen MR) is 68.3 cm³/mol. The number of hydrogen-bond acceptors (Lipinski definition) is 2. The Morgan fingerprint density at radius 2 is 2.11 bits per heavy atom. The molecule has 1 heterocycles. The van der Waals surface area contributed by atoms with Crippen molar-refractivity contribution >= 4 is 23.2 Å². The average Bonchev–Trinajstić information content (AvgIpc) is 2.27. The molecular formula is C13H10ClFN2O. The molecule has 0 radical (unpaired) electrons. The Morgan fingerprint density at radius 1 is 1.33 bits per heavy atom. The molecule has 2 rings (SSSR count). The predicted octanol–water partition coefficient (Wildman–Crippen LogP) is 3.43. The standard InChI is InChI=1S/C13H10ClFN2O/c1-8-5-9(15)7-10(6-8)16-13(18)11-3-2-4-12(14)17-11/h2-7H,1H3,(H,16,18). The first kappa shape index (κ1) is 12.5. The molecule has 1 aromatic carbocycles. The van der Waals surface area contributed by atoms with Gasteiger partial charge in [-0.3, -0.25) is 4.79 Å². The van der Waals surface area contributed by atoms with E-state index in [1.54, 1.807) is 25.1 Å². The zero-order valence-corrected chi connectivity index (χ0v) is 10.3. The Labute approximate surface area is 109 Å². The summed E-state index contributed by atoms with van der Waals surface area (Å²) < 4.78 is 13.2. The molecule has 0 atom stereocenters. The molecule has 18 heavy (non-hydrogen) atoms. The molecule has 0 bridgehead atoms. The van der Waals surface area contributed by atoms with Crippen LogP contribution in [0.2, 0.25) is 5.15 Å². The number of rotatable bonds is 2. The van der Waals surface area contributed by atoms with Crippen LogP contribution in [-0.2, 0) is 0 Å². The molecule has 92 valence electrons. The van der Waals surface area contributed by atoms with E-state index >= 15 is 0 Å². The fourth-order valence-corrected chi connectivity index (χ4v) is 1.70. The molecule has 2 aromatic rings. The van der Waals surface area contributed by atoms with Gasteiger partial charge in [0.25, 0.3) is 5.91 Å². The normalized spacial score (nSPS) is 10.2. The molecule has 1 aromatic heterocycles. The van der Waals surface area contributed by atoms with Gasteiger partial charge in [0.05, 0.1) is 0 Å². The lowest BCUT2D eigenvalue weighted by Crippen LogP contribution is -2.13. The summed E-state index contributed by atoms with van der Waals surface area (Å²) in [6.45, 7) is 1.75. The summed E-state index contributed by atoms with van der Waals surface area (Å²) in [5.74, 6) is -0.827. The lowest BCUT2D eigenvalue weighted by atomic mass is 10.2. The van der Waals surface area contributed by atoms with Crippen molar-refractivity contribution < 1.29 is 9.18 Å². The van der Waals surface area contributed by atoms with Crippen LogP contribution in [0, 0.1) is 12.7 Å². The second kappa shape index (κ2) is 5.14. The number of hydrogen-bond donors (Lipinski definition) is 1. The van der Waals surface area contributed by atoms with Gasteiger partial charge in [-0.2, -0.15) is 0 Å². The Hall–Kier alpha value is -1.94. The first-order valence-electron chi connectivity index (χ1n) is 5.26. The summed E-state index contributed by atoms with van der Waals surface area (Å²) in [6.07, 6.45) is 0. The van der Waals surface area contributed by atoms with Crippen LogP contribution in [0.5, 0.6) is 0 Å². The van der Waals surface area contributed by atoms with Crippen molar-refractivity contribution in [3.63, 3.8) is 0 Å². The molecule has 1 amide bonds. The first-order valence-corrected chi connectivity index (χ1v) is 5.63. The summed E-state index contributed by atoms with van der Waals surface area (Å²) in [7, 11) is 0. The van der Waals surface area contributed by atoms with Crippen molar-refractivity contribution in [3.05, 3.63) is 58.6 Å². The van der Waals surface area contributed by atoms with Gasteiger partial charge >= 0.3 is 0 Å². The number of pyridine rings is 1. The van der Waals surface area contributed by atoms with E-state index < -0.39 is 11.7 Å². The molecular weight excluding hydrogens is 255 g/mol. The quantitative estimate of drug-likeness (QED) is 0.845. The Balaban J connectivity index is 2.21. The van der Waals surface area contributed by atoms with Crippen LogP contribution < -0.4 is 5.32 Å². The number of halogens is 2. The molecule has 0 spiro atoms. The number of benzene rings is 1. The van der Waals surface area contributed by atoms with Crippen LogP contribution >= 0.6 is 11.6 Å². The van der Waals surface area contributed by atoms with E-state index in [9.17, 15) is 9.18 Å². The van der Waals surface area contributed by atoms with Crippen molar-refractivity contribution in [2.45, 2.75) is 6.92 Å². The minimum Gasteiger partial charge on any atom is -0.321 e. The van der Waals surface area contributed by atoms with E-state index in [4.69, 9.17) is 11.6 Å². The van der Waals surface area contributed by atoms with E-state index in [-0.39, 0.29) is 10.8 Å². The first-order chi connectivity index (χ1) is 8.54. The van der Waals surface area contributed by atoms with E-state index in [1.807, 2.05) is 0 Å². The number of carbonyl (C=O) groups excluding carboxylic acids is 1. The maximum atomic E-state index is 13.2. The van der Waals surface area contributed by atoms with Crippen LogP contribution in [0.1, 0.15) is 16.1 Å². The summed E-state index contributed by atoms with van der Waals surface area (Å²) in [4.78, 5) is 15.7. The van der Waals surface area contributed by atoms with Crippen molar-refractivity contribution in [1.29, 1.82) is 0 Å². The highest BCUT2D eigenvalue weighted by Crippen LogP contribution is 2.14. The van der Waals surface area contributed by atoms with Crippen molar-refractivity contribution in [1.82, 2.24) is 4.98 Å². The van der Waals surface area contributed by atoms with Crippen LogP contribution in [0.4, 0.5) is 10.1 Å². The van der Waals surface area contributed by atoms with Crippen molar-refractivity contribution in [2.75, 3.05) is 5.32 Å². The highest BCUT2D eigenvalue weighted by atomic mass is 35.5. The van der Waals surface area contributed by atoms with E-state index in [2.05, 4.69) is 10.3 Å². The maximum absolute atomic E-state index is 13.2. The van der Waals surface area contributed by atoms with Gasteiger partial charge in [-0.25, -0.2) is 9.37 Å². The Morgan fingerprint density at radius 3 is 2.78 bits per heavy atom. The minimum absolute atomic E-state index is 0.185. The minimum atomic E-state index is -0.428. The smallest absolute Gasteiger partial charge is 0.274 e. The summed E-state index contributed by atoms with van der Waals surface area (Å²) in [6, 6.07) is 9.04. The molecule has 1 N–H and O–H groups in total. The van der Waals surface area contributed by atoms with Gasteiger partial charge in [-0.1, -0.05) is 17.7 Å². The molecule has 0 aliphatic rings. The van der Waals surface area contributed by atoms with Crippen molar-refractivity contribution in [2.24, 2.45) is 0 Å². The third kappa shape index (κ3) is 3.05. The summed E-state index contributed by atoms with van der Waals surface area (Å²) in [5.41, 5.74) is 1.30. The molecule has 0 saturated carbocycles. The van der Waals surface area contributed by atoms with Gasteiger partial charge < -0.3 is 5.32 Å². The fraction of sp³-hybridized carbons (Fsp3) is 0.0769. The van der Waals surface area contributed by atoms with Gasteiger partial charge in [0.15, 0.2) is 0 Å². The Kier molecular flexibility index (Phi) is 3.58. The molecule has 0 aliphatic carbocycles. The number of amides is 1. The summed E-state index contributed by atoms with van der Waals surface area (Å²) >= 11 is 5.69. The number of nitrogens with one attached hydrogen (secondary N) is 1. The topological polar surface area (TPSA) is 42.0 Å². The zero-order chi connectivity index (χ0) is 13.1. The zero-order valence-electron chi connectivity index (χ0n) is 9.58. The van der Waals surface area contributed by atoms with Crippen LogP contribution in [-0.4, -0.2) is 10.9 Å². The second-order valence-corrected chi connectivity index (χ2v) is 4.20. The number of aromatic nitrogens is 1. The SMILES string of the molecule is Cc1cc(F)cc(NC(=O)c2cccc(Cl)n2)c1. The van der Waals surface area contributed by atoms with Gasteiger partial charge in [-0.15, -0.1) is 0 Å². The van der Waals surface area contributed by atoms with Crippen LogP contribution in [0.3, 0.4) is 0 Å². The summed E-state index contributed by atoms with van der Waals surface area (Å²) in [5, 5.41) is 2.80. The lowest BCUT2D eigenvalue weighted by molar-refractivity contribution is 0.102. The molecule has 0 saturated heterocycles. The third-order valence-corrected chi connectivity index (χ3v) is 2.46. The molecule has 0 aliphatic heterocycles. The molecule has 3 nitrogen and oxygen atoms in total. The van der Waals surface area contributed by atoms with E-state index in [1.165, 1.54) is 18.2 Å². The molecule has 5 heteroatoms. The van der Waals surface area contributed by atoms with Gasteiger partial charge in [0.1, 0.15) is 16.7 Å². The van der Waals surface area contributed by atoms with Gasteiger partial charge in [0.2, 0.25) is 0 Å². The number of aryl methyl sites for hydroxylation is 1. The van der Waals surface area contributed by atoms with E-state index in [0.717, 1.165) is 5.56 Å². The van der Waals surface area contributed by atoms with Crippen LogP contribution in [0.15, 0.2) is 36.4 Å². The van der Waals surface area contributed by atoms with E-state index in [0.29, 0.717) is 5.69 Å². The van der Waals surface area contributed by atoms with Crippen molar-refractivity contribution in [3.8, 4) is 0 Å². The third-order valence-electron chi connectivity index (χ3n) is 2.25. The molecule has 0 unspecified atom stereocenters. The number of carbonyl (C=O) groups is 1. The van der Waals surface area contributed by atoms with Crippen LogP contribution in [0.25, 0.3) is 0 Å².